The van der Waals surface area contributed by atoms with Crippen molar-refractivity contribution in [1.29, 1.82) is 0 Å². The van der Waals surface area contributed by atoms with Gasteiger partial charge < -0.3 is 15.0 Å². The predicted molar refractivity (Wildman–Crippen MR) is 90.9 cm³/mol. The molecule has 0 unspecified atom stereocenters. The van der Waals surface area contributed by atoms with Crippen LogP contribution in [0.15, 0.2) is 10.9 Å². The van der Waals surface area contributed by atoms with Crippen molar-refractivity contribution in [1.82, 2.24) is 15.3 Å². The summed E-state index contributed by atoms with van der Waals surface area (Å²) in [5, 5.41) is 2.93. The second-order valence-corrected chi connectivity index (χ2v) is 6.69. The summed E-state index contributed by atoms with van der Waals surface area (Å²) in [6.07, 6.45) is 6.11. The van der Waals surface area contributed by atoms with Crippen molar-refractivity contribution in [2.45, 2.75) is 51.2 Å². The Labute approximate surface area is 141 Å². The summed E-state index contributed by atoms with van der Waals surface area (Å²) in [6.45, 7) is 2.12. The Morgan fingerprint density at radius 2 is 2.17 bits per heavy atom. The lowest BCUT2D eigenvalue weighted by Gasteiger charge is -2.27. The Morgan fingerprint density at radius 1 is 1.38 bits per heavy atom. The third-order valence-electron chi connectivity index (χ3n) is 4.96. The summed E-state index contributed by atoms with van der Waals surface area (Å²) in [6, 6.07) is 1.46. The number of aromatic nitrogens is 2. The van der Waals surface area contributed by atoms with Gasteiger partial charge in [0.05, 0.1) is 18.3 Å². The largest absolute Gasteiger partial charge is 0.381 e. The molecule has 1 aliphatic carbocycles. The van der Waals surface area contributed by atoms with E-state index < -0.39 is 0 Å². The van der Waals surface area contributed by atoms with Gasteiger partial charge in [-0.05, 0) is 32.1 Å². The van der Waals surface area contributed by atoms with Crippen LogP contribution in [0.1, 0.15) is 44.2 Å². The third-order valence-corrected chi connectivity index (χ3v) is 4.96. The number of hydrogen-bond donors (Lipinski definition) is 2. The molecule has 1 aromatic rings. The number of nitrogens with one attached hydrogen (secondary N) is 2. The topological polar surface area (TPSA) is 87.3 Å². The second kappa shape index (κ2) is 7.79. The molecule has 2 aliphatic rings. The number of carbonyl (C=O) groups excluding carboxylic acids is 1. The molecule has 7 nitrogen and oxygen atoms in total. The van der Waals surface area contributed by atoms with Gasteiger partial charge in [-0.25, -0.2) is 4.98 Å². The maximum Gasteiger partial charge on any atom is 0.252 e. The fourth-order valence-electron chi connectivity index (χ4n) is 3.58. The van der Waals surface area contributed by atoms with Crippen LogP contribution in [0.3, 0.4) is 0 Å². The van der Waals surface area contributed by atoms with E-state index in [0.29, 0.717) is 11.6 Å². The molecule has 24 heavy (non-hydrogen) atoms. The zero-order valence-corrected chi connectivity index (χ0v) is 14.2. The number of rotatable bonds is 5. The summed E-state index contributed by atoms with van der Waals surface area (Å²) in [4.78, 5) is 33.6. The first kappa shape index (κ1) is 17.0. The number of nitrogens with zero attached hydrogens (tertiary/aromatic N) is 2. The van der Waals surface area contributed by atoms with Gasteiger partial charge in [-0.1, -0.05) is 6.42 Å². The number of anilines is 1. The molecule has 2 N–H and O–H groups in total. The Balaban J connectivity index is 1.59. The maximum atomic E-state index is 12.4. The highest BCUT2D eigenvalue weighted by atomic mass is 16.5. The standard InChI is InChI=1S/C17H26N4O3/c1-24-14-6-4-5-12(9-14)16(23)18-11-13-10-15(22)20-17(19-13)21-7-2-3-8-21/h10,12,14H,2-9,11H2,1H3,(H,18,23)(H,19,20,22)/t12-,14-/m1/s1. The molecule has 1 aromatic heterocycles. The number of hydrogen-bond acceptors (Lipinski definition) is 5. The average Bonchev–Trinajstić information content (AvgIpc) is 3.14. The molecule has 7 heteroatoms. The highest BCUT2D eigenvalue weighted by Crippen LogP contribution is 2.26. The number of methoxy groups -OCH3 is 1. The lowest BCUT2D eigenvalue weighted by atomic mass is 9.86. The molecule has 1 saturated carbocycles. The lowest BCUT2D eigenvalue weighted by Crippen LogP contribution is -2.35. The van der Waals surface area contributed by atoms with Crippen molar-refractivity contribution in [3.63, 3.8) is 0 Å². The van der Waals surface area contributed by atoms with Crippen LogP contribution in [-0.4, -0.2) is 42.2 Å². The Hall–Kier alpha value is -1.89. The van der Waals surface area contributed by atoms with Gasteiger partial charge in [-0.15, -0.1) is 0 Å². The molecule has 0 aromatic carbocycles. The molecule has 2 atom stereocenters. The van der Waals surface area contributed by atoms with Crippen molar-refractivity contribution in [2.24, 2.45) is 5.92 Å². The van der Waals surface area contributed by atoms with Gasteiger partial charge in [-0.3, -0.25) is 14.6 Å². The summed E-state index contributed by atoms with van der Waals surface area (Å²) in [5.41, 5.74) is 0.432. The highest BCUT2D eigenvalue weighted by molar-refractivity contribution is 5.78. The molecule has 1 amide bonds. The van der Waals surface area contributed by atoms with Crippen LogP contribution in [0.25, 0.3) is 0 Å². The van der Waals surface area contributed by atoms with Gasteiger partial charge >= 0.3 is 0 Å². The fourth-order valence-corrected chi connectivity index (χ4v) is 3.58. The van der Waals surface area contributed by atoms with E-state index in [4.69, 9.17) is 4.74 Å². The fraction of sp³-hybridized carbons (Fsp3) is 0.706. The van der Waals surface area contributed by atoms with E-state index in [1.807, 2.05) is 0 Å². The minimum absolute atomic E-state index is 0.0104. The zero-order chi connectivity index (χ0) is 16.9. The van der Waals surface area contributed by atoms with Gasteiger partial charge in [0, 0.05) is 32.2 Å². The van der Waals surface area contributed by atoms with Crippen molar-refractivity contribution in [2.75, 3.05) is 25.1 Å². The minimum atomic E-state index is -0.173. The van der Waals surface area contributed by atoms with Crippen molar-refractivity contribution in [3.05, 3.63) is 22.1 Å². The van der Waals surface area contributed by atoms with E-state index in [0.717, 1.165) is 51.6 Å². The predicted octanol–water partition coefficient (Wildman–Crippen LogP) is 1.19. The summed E-state index contributed by atoms with van der Waals surface area (Å²) in [7, 11) is 1.70. The molecule has 0 spiro atoms. The molecule has 0 bridgehead atoms. The molecule has 132 valence electrons. The van der Waals surface area contributed by atoms with E-state index in [1.165, 1.54) is 6.07 Å². The number of amides is 1. The quantitative estimate of drug-likeness (QED) is 0.845. The number of carbonyl (C=O) groups is 1. The Bertz CT molecular complexity index is 625. The van der Waals surface area contributed by atoms with Gasteiger partial charge in [0.15, 0.2) is 0 Å². The van der Waals surface area contributed by atoms with Crippen LogP contribution in [-0.2, 0) is 16.1 Å². The first-order valence-corrected chi connectivity index (χ1v) is 8.81. The summed E-state index contributed by atoms with van der Waals surface area (Å²) < 4.78 is 5.38. The van der Waals surface area contributed by atoms with Gasteiger partial charge in [-0.2, -0.15) is 0 Å². The van der Waals surface area contributed by atoms with Gasteiger partial charge in [0.25, 0.3) is 5.56 Å². The first-order valence-electron chi connectivity index (χ1n) is 8.81. The number of ether oxygens (including phenoxy) is 1. The Morgan fingerprint density at radius 3 is 2.92 bits per heavy atom. The monoisotopic (exact) mass is 334 g/mol. The van der Waals surface area contributed by atoms with Crippen LogP contribution in [0, 0.1) is 5.92 Å². The average molecular weight is 334 g/mol. The van der Waals surface area contributed by atoms with Crippen molar-refractivity contribution in [3.8, 4) is 0 Å². The Kier molecular flexibility index (Phi) is 5.50. The maximum absolute atomic E-state index is 12.4. The van der Waals surface area contributed by atoms with Crippen LogP contribution in [0.4, 0.5) is 5.95 Å². The van der Waals surface area contributed by atoms with Crippen molar-refractivity contribution < 1.29 is 9.53 Å². The molecule has 2 fully saturated rings. The first-order chi connectivity index (χ1) is 11.7. The van der Waals surface area contributed by atoms with Crippen molar-refractivity contribution >= 4 is 11.9 Å². The van der Waals surface area contributed by atoms with E-state index in [1.54, 1.807) is 7.11 Å². The molecular formula is C17H26N4O3. The van der Waals surface area contributed by atoms with Crippen LogP contribution in [0.2, 0.25) is 0 Å². The summed E-state index contributed by atoms with van der Waals surface area (Å²) in [5.74, 6) is 0.631. The second-order valence-electron chi connectivity index (χ2n) is 6.69. The third kappa shape index (κ3) is 4.14. The lowest BCUT2D eigenvalue weighted by molar-refractivity contribution is -0.127. The number of aromatic amines is 1. The van der Waals surface area contributed by atoms with E-state index in [-0.39, 0.29) is 30.0 Å². The zero-order valence-electron chi connectivity index (χ0n) is 14.2. The van der Waals surface area contributed by atoms with Crippen LogP contribution in [0.5, 0.6) is 0 Å². The SMILES string of the molecule is CO[C@@H]1CCC[C@@H](C(=O)NCc2cc(=O)[nH]c(N3CCCC3)n2)C1. The van der Waals surface area contributed by atoms with E-state index in [9.17, 15) is 9.59 Å². The smallest absolute Gasteiger partial charge is 0.252 e. The highest BCUT2D eigenvalue weighted by Gasteiger charge is 2.27. The molecule has 2 heterocycles. The molecular weight excluding hydrogens is 308 g/mol. The normalized spacial score (nSPS) is 24.1. The molecule has 3 rings (SSSR count). The van der Waals surface area contributed by atoms with E-state index >= 15 is 0 Å². The molecule has 1 saturated heterocycles. The molecule has 0 radical (unpaired) electrons. The van der Waals surface area contributed by atoms with Crippen LogP contribution < -0.4 is 15.8 Å². The van der Waals surface area contributed by atoms with E-state index in [2.05, 4.69) is 20.2 Å². The number of H-pyrrole nitrogens is 1. The van der Waals surface area contributed by atoms with Crippen LogP contribution >= 0.6 is 0 Å². The molecule has 1 aliphatic heterocycles. The summed E-state index contributed by atoms with van der Waals surface area (Å²) >= 11 is 0. The minimum Gasteiger partial charge on any atom is -0.381 e. The van der Waals surface area contributed by atoms with Gasteiger partial charge in [0.1, 0.15) is 0 Å². The van der Waals surface area contributed by atoms with Gasteiger partial charge in [0.2, 0.25) is 11.9 Å².